The minimum atomic E-state index is -0.259. The first kappa shape index (κ1) is 21.9. The molecule has 0 spiro atoms. The Kier molecular flexibility index (Phi) is 7.09. The summed E-state index contributed by atoms with van der Waals surface area (Å²) in [6.45, 7) is 3.39. The van der Waals surface area contributed by atoms with E-state index in [9.17, 15) is 4.79 Å². The average Bonchev–Trinajstić information content (AvgIpc) is 3.27. The molecule has 1 amide bonds. The number of rotatable bonds is 4. The minimum absolute atomic E-state index is 0. The number of nitrogens with zero attached hydrogens (tertiary/aromatic N) is 4. The minimum Gasteiger partial charge on any atom is -0.147 e. The Morgan fingerprint density at radius 2 is 1.83 bits per heavy atom. The zero-order valence-electron chi connectivity index (χ0n) is 16.5. The fraction of sp³-hybridized carbons (Fsp3) is 0.526. The maximum atomic E-state index is 12.5. The van der Waals surface area contributed by atoms with Crippen molar-refractivity contribution in [1.82, 2.24) is 14.9 Å². The molecule has 4 rings (SSSR count). The molecule has 1 atom stereocenters. The van der Waals surface area contributed by atoms with Crippen LogP contribution in [0.3, 0.4) is 0 Å². The van der Waals surface area contributed by atoms with Crippen molar-refractivity contribution < 1.29 is 19.0 Å². The first-order chi connectivity index (χ1) is 13.6. The Bertz CT molecular complexity index is 886. The van der Waals surface area contributed by atoms with Crippen LogP contribution in [0, 0.1) is 0 Å². The van der Waals surface area contributed by atoms with Gasteiger partial charge in [-0.3, -0.25) is 0 Å². The molecule has 10 heteroatoms. The first-order valence-electron chi connectivity index (χ1n) is 9.39. The molecule has 2 saturated heterocycles. The number of piperazine rings is 1. The fourth-order valence-corrected chi connectivity index (χ4v) is 4.24. The van der Waals surface area contributed by atoms with Crippen LogP contribution in [-0.4, -0.2) is 90.7 Å². The summed E-state index contributed by atoms with van der Waals surface area (Å²) in [6, 6.07) is 3.76. The summed E-state index contributed by atoms with van der Waals surface area (Å²) in [5, 5.41) is 0.911. The van der Waals surface area contributed by atoms with Gasteiger partial charge in [0.2, 0.25) is 0 Å². The van der Waals surface area contributed by atoms with Crippen molar-refractivity contribution >= 4 is 56.5 Å². The third-order valence-electron chi connectivity index (χ3n) is 5.25. The van der Waals surface area contributed by atoms with Crippen molar-refractivity contribution in [2.45, 2.75) is 18.9 Å². The molecule has 0 N–H and O–H groups in total. The second-order valence-corrected chi connectivity index (χ2v) is 7.77. The van der Waals surface area contributed by atoms with Crippen LogP contribution in [0.2, 0.25) is 0 Å². The number of carbonyl (C=O) groups is 1. The molecule has 3 heterocycles. The Morgan fingerprint density at radius 3 is 2.45 bits per heavy atom. The van der Waals surface area contributed by atoms with Crippen LogP contribution < -0.4 is 18.9 Å². The number of ether oxygens (including phenoxy) is 3. The van der Waals surface area contributed by atoms with Crippen LogP contribution >= 0.6 is 12.4 Å². The topological polar surface area (TPSA) is 77.0 Å². The summed E-state index contributed by atoms with van der Waals surface area (Å²) in [7, 11) is 3.22. The fourth-order valence-electron chi connectivity index (χ4n) is 3.67. The molecule has 29 heavy (non-hydrogen) atoms. The summed E-state index contributed by atoms with van der Waals surface area (Å²) in [5.41, 5.74) is 0.802. The number of amides is 1. The van der Waals surface area contributed by atoms with E-state index in [-0.39, 0.29) is 24.4 Å². The molecule has 8 nitrogen and oxygen atoms in total. The molecule has 1 aromatic carbocycles. The normalized spacial score (nSPS) is 19.2. The number of benzene rings is 1. The Labute approximate surface area is 184 Å². The van der Waals surface area contributed by atoms with Crippen molar-refractivity contribution in [1.29, 1.82) is 0 Å². The summed E-state index contributed by atoms with van der Waals surface area (Å²) < 4.78 is 17.1. The van der Waals surface area contributed by atoms with Crippen molar-refractivity contribution in [3.05, 3.63) is 12.1 Å². The third kappa shape index (κ3) is 4.39. The monoisotopic (exact) mass is 482 g/mol. The zero-order valence-corrected chi connectivity index (χ0v) is 19.2. The second kappa shape index (κ2) is 9.37. The van der Waals surface area contributed by atoms with E-state index in [1.54, 1.807) is 14.2 Å². The molecule has 2 radical (unpaired) electrons. The summed E-state index contributed by atoms with van der Waals surface area (Å²) in [6.07, 6.45) is 1.54. The van der Waals surface area contributed by atoms with E-state index in [0.717, 1.165) is 28.2 Å². The molecule has 2 aliphatic rings. The van der Waals surface area contributed by atoms with Gasteiger partial charge in [0.05, 0.1) is 0 Å². The van der Waals surface area contributed by atoms with Gasteiger partial charge in [-0.25, -0.2) is 0 Å². The molecule has 0 saturated carbocycles. The number of fused-ring (bicyclic) bond motifs is 1. The standard InChI is InChI=1S/C19H23AsN4O4.ClH/c1-26-15-10-12-13(11-16(15)27-2)21-19(22-17(12)20)24-7-5-23(6-8-24)18(25)14-4-3-9-28-14;/h10-11,14H,3-9H2,1-2H3;1H. The summed E-state index contributed by atoms with van der Waals surface area (Å²) in [4.78, 5) is 25.9. The van der Waals surface area contributed by atoms with E-state index >= 15 is 0 Å². The summed E-state index contributed by atoms with van der Waals surface area (Å²) in [5.74, 6) is 2.07. The van der Waals surface area contributed by atoms with Crippen molar-refractivity contribution in [2.75, 3.05) is 51.9 Å². The molecule has 2 fully saturated rings. The molecule has 2 aliphatic heterocycles. The molecule has 0 bridgehead atoms. The Hall–Kier alpha value is -1.76. The maximum absolute atomic E-state index is 12.5. The van der Waals surface area contributed by atoms with Crippen LogP contribution in [0.5, 0.6) is 11.5 Å². The Balaban J connectivity index is 0.00000240. The van der Waals surface area contributed by atoms with E-state index in [2.05, 4.69) is 26.7 Å². The van der Waals surface area contributed by atoms with Gasteiger partial charge < -0.3 is 0 Å². The van der Waals surface area contributed by atoms with Gasteiger partial charge in [0.15, 0.2) is 0 Å². The van der Waals surface area contributed by atoms with Crippen molar-refractivity contribution in [2.24, 2.45) is 0 Å². The zero-order chi connectivity index (χ0) is 19.7. The molecule has 1 aromatic heterocycles. The van der Waals surface area contributed by atoms with E-state index in [1.807, 2.05) is 17.0 Å². The maximum Gasteiger partial charge on any atom is -0.147 e. The van der Waals surface area contributed by atoms with E-state index < -0.39 is 0 Å². The Morgan fingerprint density at radius 1 is 1.14 bits per heavy atom. The van der Waals surface area contributed by atoms with Crippen molar-refractivity contribution in [3.8, 4) is 11.5 Å². The number of hydrogen-bond donors (Lipinski definition) is 0. The molecule has 2 aromatic rings. The smallest absolute Gasteiger partial charge is 0.147 e. The number of anilines is 1. The van der Waals surface area contributed by atoms with Gasteiger partial charge >= 0.3 is 172 Å². The largest absolute Gasteiger partial charge is 0.147 e. The van der Waals surface area contributed by atoms with Crippen LogP contribution in [0.25, 0.3) is 10.9 Å². The molecule has 0 aliphatic carbocycles. The van der Waals surface area contributed by atoms with Gasteiger partial charge in [0.25, 0.3) is 0 Å². The summed E-state index contributed by atoms with van der Waals surface area (Å²) >= 11 is 2.50. The SMILES string of the molecule is COc1cc2nc(N3CCN(C(=O)C4CCCO4)CC3)nc([As])c2cc1OC.Cl. The van der Waals surface area contributed by atoms with Gasteiger partial charge in [-0.05, 0) is 0 Å². The molecule has 1 unspecified atom stereocenters. The van der Waals surface area contributed by atoms with Gasteiger partial charge in [-0.2, -0.15) is 0 Å². The predicted octanol–water partition coefficient (Wildman–Crippen LogP) is 0.690. The van der Waals surface area contributed by atoms with Gasteiger partial charge in [0.1, 0.15) is 0 Å². The third-order valence-corrected chi connectivity index (χ3v) is 5.96. The van der Waals surface area contributed by atoms with E-state index in [0.29, 0.717) is 50.2 Å². The van der Waals surface area contributed by atoms with Gasteiger partial charge in [-0.15, -0.1) is 12.4 Å². The van der Waals surface area contributed by atoms with E-state index in [1.165, 1.54) is 0 Å². The second-order valence-electron chi connectivity index (χ2n) is 6.89. The molecular weight excluding hydrogens is 459 g/mol. The van der Waals surface area contributed by atoms with Gasteiger partial charge in [-0.1, -0.05) is 0 Å². The van der Waals surface area contributed by atoms with Crippen LogP contribution in [0.15, 0.2) is 12.1 Å². The van der Waals surface area contributed by atoms with Gasteiger partial charge in [0, 0.05) is 0 Å². The van der Waals surface area contributed by atoms with Crippen LogP contribution in [0.4, 0.5) is 5.95 Å². The molecular formula is C19H24AsClN4O4. The quantitative estimate of drug-likeness (QED) is 0.594. The predicted molar refractivity (Wildman–Crippen MR) is 113 cm³/mol. The molecule has 156 valence electrons. The number of hydrogen-bond acceptors (Lipinski definition) is 7. The average molecular weight is 483 g/mol. The number of aromatic nitrogens is 2. The van der Waals surface area contributed by atoms with Crippen LogP contribution in [0.1, 0.15) is 12.8 Å². The number of halogens is 1. The van der Waals surface area contributed by atoms with Crippen molar-refractivity contribution in [3.63, 3.8) is 0 Å². The number of carbonyl (C=O) groups excluding carboxylic acids is 1. The van der Waals surface area contributed by atoms with Crippen LogP contribution in [-0.2, 0) is 9.53 Å². The number of methoxy groups -OCH3 is 2. The van der Waals surface area contributed by atoms with E-state index in [4.69, 9.17) is 19.2 Å². The first-order valence-corrected chi connectivity index (χ1v) is 10.3.